The first-order valence-corrected chi connectivity index (χ1v) is 8.66. The summed E-state index contributed by atoms with van der Waals surface area (Å²) in [6.07, 6.45) is 12.2. The maximum absolute atomic E-state index is 4.38. The average Bonchev–Trinajstić information content (AvgIpc) is 2.40. The van der Waals surface area contributed by atoms with E-state index in [4.69, 9.17) is 0 Å². The topological polar surface area (TPSA) is 37.8 Å². The highest BCUT2D eigenvalue weighted by atomic mass is 79.9. The minimum absolute atomic E-state index is 0.502. The maximum atomic E-state index is 4.38. The minimum Gasteiger partial charge on any atom is -0.366 e. The summed E-state index contributed by atoms with van der Waals surface area (Å²) in [5, 5.41) is 3.67. The average molecular weight is 336 g/mol. The number of nitrogens with zero attached hydrogens (tertiary/aromatic N) is 2. The summed E-state index contributed by atoms with van der Waals surface area (Å²) in [5.74, 6) is 3.95. The van der Waals surface area contributed by atoms with Crippen LogP contribution in [0.5, 0.6) is 0 Å². The van der Waals surface area contributed by atoms with Crippen LogP contribution in [0.2, 0.25) is 0 Å². The molecule has 4 bridgehead atoms. The third-order valence-electron chi connectivity index (χ3n) is 6.02. The molecule has 1 atom stereocenters. The molecular formula is C16H22BrN3. The number of hydrogen-bond acceptors (Lipinski definition) is 3. The van der Waals surface area contributed by atoms with Crippen molar-refractivity contribution in [1.29, 1.82) is 0 Å². The molecule has 0 spiro atoms. The van der Waals surface area contributed by atoms with Gasteiger partial charge in [0.05, 0.1) is 4.47 Å². The van der Waals surface area contributed by atoms with Gasteiger partial charge in [0, 0.05) is 12.2 Å². The molecule has 0 aliphatic heterocycles. The molecule has 1 aromatic rings. The van der Waals surface area contributed by atoms with E-state index in [1.807, 2.05) is 6.20 Å². The third kappa shape index (κ3) is 2.07. The minimum atomic E-state index is 0.502. The zero-order valence-electron chi connectivity index (χ0n) is 12.0. The molecule has 4 saturated carbocycles. The predicted octanol–water partition coefficient (Wildman–Crippen LogP) is 4.26. The molecule has 20 heavy (non-hydrogen) atoms. The molecule has 1 aromatic heterocycles. The summed E-state index contributed by atoms with van der Waals surface area (Å²) >= 11 is 3.55. The van der Waals surface area contributed by atoms with Crippen LogP contribution < -0.4 is 5.32 Å². The fraction of sp³-hybridized carbons (Fsp3) is 0.750. The molecule has 4 heteroatoms. The fourth-order valence-electron chi connectivity index (χ4n) is 5.48. The van der Waals surface area contributed by atoms with Gasteiger partial charge in [0.15, 0.2) is 0 Å². The molecule has 4 fully saturated rings. The van der Waals surface area contributed by atoms with Crippen molar-refractivity contribution >= 4 is 21.7 Å². The third-order valence-corrected chi connectivity index (χ3v) is 6.61. The van der Waals surface area contributed by atoms with E-state index in [0.717, 1.165) is 28.0 Å². The molecule has 5 rings (SSSR count). The van der Waals surface area contributed by atoms with Crippen molar-refractivity contribution in [2.75, 3.05) is 5.32 Å². The van der Waals surface area contributed by atoms with Gasteiger partial charge in [-0.1, -0.05) is 0 Å². The van der Waals surface area contributed by atoms with Crippen molar-refractivity contribution in [3.8, 4) is 0 Å². The second-order valence-corrected chi connectivity index (χ2v) is 8.22. The summed E-state index contributed by atoms with van der Waals surface area (Å²) in [4.78, 5) is 8.42. The van der Waals surface area contributed by atoms with E-state index in [1.165, 1.54) is 38.5 Å². The Balaban J connectivity index is 1.56. The smallest absolute Gasteiger partial charge is 0.143 e. The van der Waals surface area contributed by atoms with Gasteiger partial charge in [0.1, 0.15) is 12.1 Å². The molecule has 4 aliphatic rings. The van der Waals surface area contributed by atoms with E-state index in [-0.39, 0.29) is 0 Å². The molecule has 0 aromatic carbocycles. The summed E-state index contributed by atoms with van der Waals surface area (Å²) in [7, 11) is 0. The van der Waals surface area contributed by atoms with Gasteiger partial charge in [0.25, 0.3) is 0 Å². The normalized spacial score (nSPS) is 39.8. The molecular weight excluding hydrogens is 314 g/mol. The Morgan fingerprint density at radius 2 is 1.80 bits per heavy atom. The lowest BCUT2D eigenvalue weighted by atomic mass is 9.48. The van der Waals surface area contributed by atoms with Crippen molar-refractivity contribution in [1.82, 2.24) is 9.97 Å². The van der Waals surface area contributed by atoms with Crippen molar-refractivity contribution in [2.24, 2.45) is 23.2 Å². The van der Waals surface area contributed by atoms with Gasteiger partial charge >= 0.3 is 0 Å². The molecule has 1 unspecified atom stereocenters. The lowest BCUT2D eigenvalue weighted by Crippen LogP contribution is -2.53. The van der Waals surface area contributed by atoms with Crippen LogP contribution >= 0.6 is 15.9 Å². The van der Waals surface area contributed by atoms with Crippen LogP contribution in [-0.4, -0.2) is 16.0 Å². The van der Waals surface area contributed by atoms with Crippen LogP contribution in [0, 0.1) is 23.2 Å². The number of nitrogens with one attached hydrogen (secondary N) is 1. The highest BCUT2D eigenvalue weighted by Gasteiger charge is 2.53. The second kappa shape index (κ2) is 4.69. The Labute approximate surface area is 129 Å². The Morgan fingerprint density at radius 1 is 1.20 bits per heavy atom. The number of hydrogen-bond donors (Lipinski definition) is 1. The Morgan fingerprint density at radius 3 is 2.35 bits per heavy atom. The van der Waals surface area contributed by atoms with Crippen molar-refractivity contribution in [3.63, 3.8) is 0 Å². The molecule has 0 saturated heterocycles. The largest absolute Gasteiger partial charge is 0.366 e. The van der Waals surface area contributed by atoms with Gasteiger partial charge in [0.2, 0.25) is 0 Å². The fourth-order valence-corrected chi connectivity index (χ4v) is 5.82. The van der Waals surface area contributed by atoms with Crippen LogP contribution in [0.15, 0.2) is 17.0 Å². The van der Waals surface area contributed by atoms with E-state index in [0.29, 0.717) is 11.5 Å². The zero-order valence-corrected chi connectivity index (χ0v) is 13.6. The predicted molar refractivity (Wildman–Crippen MR) is 83.4 cm³/mol. The summed E-state index contributed by atoms with van der Waals surface area (Å²) in [6, 6.07) is 0.502. The number of anilines is 1. The molecule has 4 aliphatic carbocycles. The van der Waals surface area contributed by atoms with Crippen molar-refractivity contribution in [3.05, 3.63) is 17.0 Å². The van der Waals surface area contributed by atoms with Crippen LogP contribution in [0.3, 0.4) is 0 Å². The Bertz CT molecular complexity index is 481. The van der Waals surface area contributed by atoms with Crippen LogP contribution in [0.1, 0.15) is 45.4 Å². The Kier molecular flexibility index (Phi) is 3.06. The summed E-state index contributed by atoms with van der Waals surface area (Å²) < 4.78 is 0.969. The summed E-state index contributed by atoms with van der Waals surface area (Å²) in [6.45, 7) is 2.36. The van der Waals surface area contributed by atoms with Crippen molar-refractivity contribution in [2.45, 2.75) is 51.5 Å². The van der Waals surface area contributed by atoms with Gasteiger partial charge in [-0.05, 0) is 84.5 Å². The van der Waals surface area contributed by atoms with Gasteiger partial charge in [-0.15, -0.1) is 0 Å². The molecule has 0 amide bonds. The van der Waals surface area contributed by atoms with Gasteiger partial charge in [-0.3, -0.25) is 0 Å². The number of rotatable bonds is 3. The standard InChI is InChI=1S/C16H22BrN3/c1-10(20-15-14(17)8-18-9-19-15)16-5-11-2-12(6-16)4-13(3-11)7-16/h8-13H,2-7H2,1H3,(H,18,19,20). The van der Waals surface area contributed by atoms with Crippen molar-refractivity contribution < 1.29 is 0 Å². The first-order chi connectivity index (χ1) is 9.64. The monoisotopic (exact) mass is 335 g/mol. The van der Waals surface area contributed by atoms with Crippen LogP contribution in [0.4, 0.5) is 5.82 Å². The first kappa shape index (κ1) is 13.1. The number of aromatic nitrogens is 2. The van der Waals surface area contributed by atoms with Crippen LogP contribution in [-0.2, 0) is 0 Å². The van der Waals surface area contributed by atoms with E-state index in [1.54, 1.807) is 6.33 Å². The molecule has 3 nitrogen and oxygen atoms in total. The summed E-state index contributed by atoms with van der Waals surface area (Å²) in [5.41, 5.74) is 0.513. The highest BCUT2D eigenvalue weighted by molar-refractivity contribution is 9.10. The number of halogens is 1. The van der Waals surface area contributed by atoms with E-state index >= 15 is 0 Å². The van der Waals surface area contributed by atoms with Gasteiger partial charge in [-0.25, -0.2) is 9.97 Å². The maximum Gasteiger partial charge on any atom is 0.143 e. The molecule has 108 valence electrons. The van der Waals surface area contributed by atoms with Gasteiger partial charge < -0.3 is 5.32 Å². The lowest BCUT2D eigenvalue weighted by Gasteiger charge is -2.59. The SMILES string of the molecule is CC(Nc1ncncc1Br)C12CC3CC(CC(C3)C1)C2. The second-order valence-electron chi connectivity index (χ2n) is 7.37. The molecule has 1 heterocycles. The van der Waals surface area contributed by atoms with E-state index in [2.05, 4.69) is 38.1 Å². The highest BCUT2D eigenvalue weighted by Crippen LogP contribution is 2.61. The zero-order chi connectivity index (χ0) is 13.7. The quantitative estimate of drug-likeness (QED) is 0.896. The Hall–Kier alpha value is -0.640. The van der Waals surface area contributed by atoms with E-state index in [9.17, 15) is 0 Å². The lowest BCUT2D eigenvalue weighted by molar-refractivity contribution is -0.0603. The molecule has 0 radical (unpaired) electrons. The first-order valence-electron chi connectivity index (χ1n) is 7.87. The van der Waals surface area contributed by atoms with Crippen LogP contribution in [0.25, 0.3) is 0 Å². The van der Waals surface area contributed by atoms with E-state index < -0.39 is 0 Å². The molecule has 1 N–H and O–H groups in total. The van der Waals surface area contributed by atoms with Gasteiger partial charge in [-0.2, -0.15) is 0 Å².